The Balaban J connectivity index is 1.70. The van der Waals surface area contributed by atoms with Crippen LogP contribution in [0.3, 0.4) is 0 Å². The van der Waals surface area contributed by atoms with E-state index in [9.17, 15) is 4.79 Å². The maximum Gasteiger partial charge on any atom is 0.220 e. The first-order chi connectivity index (χ1) is 10.1. The lowest BCUT2D eigenvalue weighted by Crippen LogP contribution is -2.32. The Morgan fingerprint density at radius 1 is 1.38 bits per heavy atom. The lowest BCUT2D eigenvalue weighted by Gasteiger charge is -2.23. The molecule has 4 heteroatoms. The number of amides is 1. The largest absolute Gasteiger partial charge is 0.352 e. The first-order valence-electron chi connectivity index (χ1n) is 7.99. The molecule has 0 aliphatic carbocycles. The molecular formula is C17H27N3O. The number of carbonyl (C=O) groups is 1. The molecule has 21 heavy (non-hydrogen) atoms. The van der Waals surface area contributed by atoms with Crippen LogP contribution in [0.1, 0.15) is 49.4 Å². The highest BCUT2D eigenvalue weighted by molar-refractivity contribution is 5.75. The van der Waals surface area contributed by atoms with Gasteiger partial charge in [-0.3, -0.25) is 9.78 Å². The van der Waals surface area contributed by atoms with Crippen LogP contribution in [0, 0.1) is 13.8 Å². The van der Waals surface area contributed by atoms with Gasteiger partial charge in [-0.2, -0.15) is 0 Å². The lowest BCUT2D eigenvalue weighted by atomic mass is 10.1. The third kappa shape index (κ3) is 4.81. The van der Waals surface area contributed by atoms with E-state index in [1.54, 1.807) is 0 Å². The number of aryl methyl sites for hydroxylation is 2. The standard InChI is InChI=1S/C17H27N3O/c1-13-10-16(11-18-15(13)3)12-19-17(21)7-6-14(2)20-8-4-5-9-20/h10-11,14H,4-9,12H2,1-3H3,(H,19,21)/t14-/m0/s1. The van der Waals surface area contributed by atoms with Gasteiger partial charge in [-0.05, 0) is 64.3 Å². The SMILES string of the molecule is Cc1cc(CNC(=O)CC[C@H](C)N2CCCC2)cnc1C. The highest BCUT2D eigenvalue weighted by atomic mass is 16.1. The molecule has 0 spiro atoms. The summed E-state index contributed by atoms with van der Waals surface area (Å²) in [7, 11) is 0. The summed E-state index contributed by atoms with van der Waals surface area (Å²) in [4.78, 5) is 18.7. The van der Waals surface area contributed by atoms with Crippen molar-refractivity contribution in [3.63, 3.8) is 0 Å². The van der Waals surface area contributed by atoms with Crippen molar-refractivity contribution >= 4 is 5.91 Å². The Hall–Kier alpha value is -1.42. The van der Waals surface area contributed by atoms with E-state index in [4.69, 9.17) is 0 Å². The van der Waals surface area contributed by atoms with Gasteiger partial charge in [0.15, 0.2) is 0 Å². The summed E-state index contributed by atoms with van der Waals surface area (Å²) in [6, 6.07) is 2.61. The quantitative estimate of drug-likeness (QED) is 0.875. The van der Waals surface area contributed by atoms with Gasteiger partial charge in [-0.25, -0.2) is 0 Å². The molecule has 1 aromatic rings. The normalized spacial score (nSPS) is 16.9. The van der Waals surface area contributed by atoms with E-state index in [2.05, 4.69) is 28.2 Å². The fourth-order valence-corrected chi connectivity index (χ4v) is 2.79. The second kappa shape index (κ2) is 7.55. The maximum absolute atomic E-state index is 11.9. The predicted molar refractivity (Wildman–Crippen MR) is 85.1 cm³/mol. The molecule has 0 unspecified atom stereocenters. The smallest absolute Gasteiger partial charge is 0.220 e. The van der Waals surface area contributed by atoms with Crippen molar-refractivity contribution in [2.45, 2.75) is 59.0 Å². The van der Waals surface area contributed by atoms with Crippen LogP contribution in [0.4, 0.5) is 0 Å². The summed E-state index contributed by atoms with van der Waals surface area (Å²) in [5, 5.41) is 2.99. The van der Waals surface area contributed by atoms with Crippen molar-refractivity contribution in [1.29, 1.82) is 0 Å². The second-order valence-electron chi connectivity index (χ2n) is 6.15. The number of hydrogen-bond donors (Lipinski definition) is 1. The fraction of sp³-hybridized carbons (Fsp3) is 0.647. The van der Waals surface area contributed by atoms with E-state index in [-0.39, 0.29) is 5.91 Å². The number of nitrogens with one attached hydrogen (secondary N) is 1. The van der Waals surface area contributed by atoms with Crippen molar-refractivity contribution in [3.05, 3.63) is 29.1 Å². The molecule has 2 heterocycles. The molecule has 1 N–H and O–H groups in total. The minimum Gasteiger partial charge on any atom is -0.352 e. The molecule has 2 rings (SSSR count). The average molecular weight is 289 g/mol. The first-order valence-corrected chi connectivity index (χ1v) is 7.99. The molecule has 1 amide bonds. The molecule has 4 nitrogen and oxygen atoms in total. The highest BCUT2D eigenvalue weighted by Gasteiger charge is 2.18. The number of carbonyl (C=O) groups excluding carboxylic acids is 1. The molecule has 0 radical (unpaired) electrons. The summed E-state index contributed by atoms with van der Waals surface area (Å²) < 4.78 is 0. The van der Waals surface area contributed by atoms with E-state index in [1.807, 2.05) is 20.0 Å². The molecule has 1 aromatic heterocycles. The molecular weight excluding hydrogens is 262 g/mol. The summed E-state index contributed by atoms with van der Waals surface area (Å²) in [6.07, 6.45) is 6.00. The Bertz CT molecular complexity index is 481. The fourth-order valence-electron chi connectivity index (χ4n) is 2.79. The van der Waals surface area contributed by atoms with Gasteiger partial charge in [0.25, 0.3) is 0 Å². The van der Waals surface area contributed by atoms with E-state index >= 15 is 0 Å². The number of aromatic nitrogens is 1. The van der Waals surface area contributed by atoms with Crippen molar-refractivity contribution < 1.29 is 4.79 Å². The first kappa shape index (κ1) is 16.0. The molecule has 116 valence electrons. The van der Waals surface area contributed by atoms with E-state index in [1.165, 1.54) is 31.5 Å². The van der Waals surface area contributed by atoms with Gasteiger partial charge in [0.2, 0.25) is 5.91 Å². The molecule has 1 fully saturated rings. The van der Waals surface area contributed by atoms with E-state index in [0.29, 0.717) is 19.0 Å². The Labute approximate surface area is 127 Å². The number of likely N-dealkylation sites (tertiary alicyclic amines) is 1. The van der Waals surface area contributed by atoms with Crippen LogP contribution in [0.5, 0.6) is 0 Å². The van der Waals surface area contributed by atoms with Crippen LogP contribution in [-0.2, 0) is 11.3 Å². The zero-order valence-electron chi connectivity index (χ0n) is 13.5. The Kier molecular flexibility index (Phi) is 5.74. The van der Waals surface area contributed by atoms with E-state index in [0.717, 1.165) is 17.7 Å². The highest BCUT2D eigenvalue weighted by Crippen LogP contribution is 2.14. The van der Waals surface area contributed by atoms with Crippen LogP contribution in [0.2, 0.25) is 0 Å². The van der Waals surface area contributed by atoms with Gasteiger partial charge in [-0.15, -0.1) is 0 Å². The van der Waals surface area contributed by atoms with Gasteiger partial charge in [0, 0.05) is 30.9 Å². The molecule has 1 aliphatic heterocycles. The van der Waals surface area contributed by atoms with Crippen molar-refractivity contribution in [2.24, 2.45) is 0 Å². The number of nitrogens with zero attached hydrogens (tertiary/aromatic N) is 2. The van der Waals surface area contributed by atoms with Crippen LogP contribution < -0.4 is 5.32 Å². The number of rotatable bonds is 6. The van der Waals surface area contributed by atoms with E-state index < -0.39 is 0 Å². The number of pyridine rings is 1. The Morgan fingerprint density at radius 3 is 2.76 bits per heavy atom. The zero-order chi connectivity index (χ0) is 15.2. The van der Waals surface area contributed by atoms with Gasteiger partial charge < -0.3 is 10.2 Å². The average Bonchev–Trinajstić information content (AvgIpc) is 3.00. The Morgan fingerprint density at radius 2 is 2.10 bits per heavy atom. The van der Waals surface area contributed by atoms with Crippen molar-refractivity contribution in [3.8, 4) is 0 Å². The molecule has 0 aromatic carbocycles. The minimum absolute atomic E-state index is 0.138. The van der Waals surface area contributed by atoms with Gasteiger partial charge in [0.1, 0.15) is 0 Å². The van der Waals surface area contributed by atoms with Gasteiger partial charge in [-0.1, -0.05) is 6.07 Å². The van der Waals surface area contributed by atoms with Crippen LogP contribution in [-0.4, -0.2) is 34.9 Å². The topological polar surface area (TPSA) is 45.2 Å². The van der Waals surface area contributed by atoms with Crippen LogP contribution >= 0.6 is 0 Å². The summed E-state index contributed by atoms with van der Waals surface area (Å²) in [5.74, 6) is 0.138. The molecule has 1 atom stereocenters. The number of hydrogen-bond acceptors (Lipinski definition) is 3. The third-order valence-corrected chi connectivity index (χ3v) is 4.44. The zero-order valence-corrected chi connectivity index (χ0v) is 13.5. The predicted octanol–water partition coefficient (Wildman–Crippen LogP) is 2.58. The van der Waals surface area contributed by atoms with Crippen molar-refractivity contribution in [1.82, 2.24) is 15.2 Å². The van der Waals surface area contributed by atoms with Gasteiger partial charge >= 0.3 is 0 Å². The third-order valence-electron chi connectivity index (χ3n) is 4.44. The lowest BCUT2D eigenvalue weighted by molar-refractivity contribution is -0.121. The van der Waals surface area contributed by atoms with Crippen LogP contribution in [0.25, 0.3) is 0 Å². The molecule has 0 saturated carbocycles. The minimum atomic E-state index is 0.138. The molecule has 0 bridgehead atoms. The second-order valence-corrected chi connectivity index (χ2v) is 6.15. The maximum atomic E-state index is 11.9. The molecule has 1 aliphatic rings. The summed E-state index contributed by atoms with van der Waals surface area (Å²) >= 11 is 0. The van der Waals surface area contributed by atoms with Gasteiger partial charge in [0.05, 0.1) is 0 Å². The van der Waals surface area contributed by atoms with Crippen molar-refractivity contribution in [2.75, 3.05) is 13.1 Å². The summed E-state index contributed by atoms with van der Waals surface area (Å²) in [5.41, 5.74) is 3.29. The monoisotopic (exact) mass is 289 g/mol. The molecule has 1 saturated heterocycles. The van der Waals surface area contributed by atoms with Crippen LogP contribution in [0.15, 0.2) is 12.3 Å². The summed E-state index contributed by atoms with van der Waals surface area (Å²) in [6.45, 7) is 9.23.